The maximum absolute atomic E-state index is 6.12. The number of methoxy groups -OCH3 is 1. The fourth-order valence-electron chi connectivity index (χ4n) is 4.97. The minimum atomic E-state index is 0.168. The van der Waals surface area contributed by atoms with Crippen LogP contribution in [0.2, 0.25) is 0 Å². The van der Waals surface area contributed by atoms with Crippen LogP contribution in [0.15, 0.2) is 97.6 Å². The van der Waals surface area contributed by atoms with Gasteiger partial charge in [0.1, 0.15) is 17.3 Å². The van der Waals surface area contributed by atoms with Gasteiger partial charge < -0.3 is 14.0 Å². The van der Waals surface area contributed by atoms with Gasteiger partial charge >= 0.3 is 0 Å². The fraction of sp³-hybridized carbons (Fsp3) is 0.242. The summed E-state index contributed by atoms with van der Waals surface area (Å²) in [5.41, 5.74) is 4.68. The monoisotopic (exact) mass is 490 g/mol. The summed E-state index contributed by atoms with van der Waals surface area (Å²) in [5.74, 6) is 3.11. The number of aromatic nitrogens is 2. The lowest BCUT2D eigenvalue weighted by molar-refractivity contribution is 0.300. The molecule has 0 spiro atoms. The van der Waals surface area contributed by atoms with E-state index in [0.717, 1.165) is 48.6 Å². The molecular weight excluding hydrogens is 456 g/mol. The molecule has 1 heterocycles. The summed E-state index contributed by atoms with van der Waals surface area (Å²) in [7, 11) is 1.70. The Hall–Kier alpha value is -4.05. The molecule has 1 unspecified atom stereocenters. The molecule has 0 bridgehead atoms. The molecular formula is C33H34N2O2. The summed E-state index contributed by atoms with van der Waals surface area (Å²) in [6, 6.07) is 29.5. The Balaban J connectivity index is 1.32. The van der Waals surface area contributed by atoms with Crippen molar-refractivity contribution in [1.82, 2.24) is 9.55 Å². The maximum Gasteiger partial charge on any atom is 0.122 e. The number of aryl methyl sites for hydroxylation is 1. The molecule has 188 valence electrons. The van der Waals surface area contributed by atoms with Crippen molar-refractivity contribution in [1.29, 1.82) is 0 Å². The van der Waals surface area contributed by atoms with Gasteiger partial charge in [-0.2, -0.15) is 0 Å². The van der Waals surface area contributed by atoms with Crippen LogP contribution >= 0.6 is 0 Å². The predicted octanol–water partition coefficient (Wildman–Crippen LogP) is 7.94. The minimum absolute atomic E-state index is 0.168. The number of ether oxygens (including phenoxy) is 2. The number of benzene rings is 4. The molecule has 0 aliphatic carbocycles. The zero-order chi connectivity index (χ0) is 25.6. The van der Waals surface area contributed by atoms with Crippen LogP contribution in [-0.2, 0) is 13.0 Å². The lowest BCUT2D eigenvalue weighted by atomic mass is 9.97. The van der Waals surface area contributed by atoms with Gasteiger partial charge in [0.2, 0.25) is 0 Å². The van der Waals surface area contributed by atoms with E-state index in [0.29, 0.717) is 6.61 Å². The number of para-hydroxylation sites is 3. The van der Waals surface area contributed by atoms with Crippen LogP contribution in [0.25, 0.3) is 21.8 Å². The van der Waals surface area contributed by atoms with Crippen LogP contribution in [0.3, 0.4) is 0 Å². The van der Waals surface area contributed by atoms with Gasteiger partial charge in [0.25, 0.3) is 0 Å². The van der Waals surface area contributed by atoms with Crippen molar-refractivity contribution >= 4 is 21.8 Å². The lowest BCUT2D eigenvalue weighted by Gasteiger charge is -2.16. The van der Waals surface area contributed by atoms with Gasteiger partial charge in [0.05, 0.1) is 24.8 Å². The average molecular weight is 491 g/mol. The maximum atomic E-state index is 6.12. The SMILES string of the molecule is C=CCc1ccccc1OCCCCn1c(C(C)c2ccc3cc(OC)ccc3c2)nc2ccccc21. The standard InChI is InChI=1S/C33H34N2O2/c1-4-11-25-12-5-8-15-32(25)37-21-10-9-20-35-31-14-7-6-13-30(31)34-33(35)24(2)26-16-17-28-23-29(36-3)19-18-27(28)22-26/h4-8,12-19,22-24H,1,9-11,20-21H2,2-3H3. The normalized spacial score (nSPS) is 12.1. The highest BCUT2D eigenvalue weighted by Crippen LogP contribution is 2.31. The predicted molar refractivity (Wildman–Crippen MR) is 153 cm³/mol. The lowest BCUT2D eigenvalue weighted by Crippen LogP contribution is -2.10. The fourth-order valence-corrected chi connectivity index (χ4v) is 4.97. The zero-order valence-corrected chi connectivity index (χ0v) is 21.7. The summed E-state index contributed by atoms with van der Waals surface area (Å²) in [6.45, 7) is 7.71. The molecule has 0 N–H and O–H groups in total. The van der Waals surface area contributed by atoms with E-state index in [4.69, 9.17) is 14.5 Å². The summed E-state index contributed by atoms with van der Waals surface area (Å²) in [6.07, 6.45) is 4.73. The van der Waals surface area contributed by atoms with Crippen LogP contribution in [0.5, 0.6) is 11.5 Å². The Bertz CT molecular complexity index is 1520. The molecule has 0 saturated heterocycles. The largest absolute Gasteiger partial charge is 0.497 e. The first kappa shape index (κ1) is 24.6. The summed E-state index contributed by atoms with van der Waals surface area (Å²) in [4.78, 5) is 5.08. The van der Waals surface area contributed by atoms with Gasteiger partial charge in [-0.05, 0) is 71.5 Å². The first-order valence-corrected chi connectivity index (χ1v) is 13.0. The molecule has 1 atom stereocenters. The van der Waals surface area contributed by atoms with E-state index in [-0.39, 0.29) is 5.92 Å². The zero-order valence-electron chi connectivity index (χ0n) is 21.7. The first-order chi connectivity index (χ1) is 18.2. The third-order valence-corrected chi connectivity index (χ3v) is 7.01. The minimum Gasteiger partial charge on any atom is -0.497 e. The second kappa shape index (κ2) is 11.3. The molecule has 37 heavy (non-hydrogen) atoms. The second-order valence-corrected chi connectivity index (χ2v) is 9.46. The van der Waals surface area contributed by atoms with Gasteiger partial charge in [-0.25, -0.2) is 4.98 Å². The first-order valence-electron chi connectivity index (χ1n) is 13.0. The van der Waals surface area contributed by atoms with Crippen LogP contribution in [0.1, 0.15) is 42.6 Å². The van der Waals surface area contributed by atoms with Crippen molar-refractivity contribution in [2.45, 2.75) is 38.6 Å². The highest BCUT2D eigenvalue weighted by Gasteiger charge is 2.18. The van der Waals surface area contributed by atoms with E-state index in [9.17, 15) is 0 Å². The van der Waals surface area contributed by atoms with Gasteiger partial charge in [-0.15, -0.1) is 6.58 Å². The molecule has 0 amide bonds. The topological polar surface area (TPSA) is 36.3 Å². The quantitative estimate of drug-likeness (QED) is 0.139. The Morgan fingerprint density at radius 1 is 0.919 bits per heavy atom. The smallest absolute Gasteiger partial charge is 0.122 e. The summed E-state index contributed by atoms with van der Waals surface area (Å²) < 4.78 is 13.9. The summed E-state index contributed by atoms with van der Waals surface area (Å²) in [5, 5.41) is 2.39. The molecule has 5 aromatic rings. The van der Waals surface area contributed by atoms with E-state index in [2.05, 4.69) is 78.7 Å². The van der Waals surface area contributed by atoms with Crippen molar-refractivity contribution in [2.75, 3.05) is 13.7 Å². The molecule has 4 aromatic carbocycles. The molecule has 1 aromatic heterocycles. The van der Waals surface area contributed by atoms with Crippen molar-refractivity contribution in [3.05, 3.63) is 115 Å². The number of fused-ring (bicyclic) bond motifs is 2. The molecule has 4 nitrogen and oxygen atoms in total. The Morgan fingerprint density at radius 2 is 1.70 bits per heavy atom. The number of unbranched alkanes of at least 4 members (excludes halogenated alkanes) is 1. The van der Waals surface area contributed by atoms with E-state index in [1.54, 1.807) is 7.11 Å². The van der Waals surface area contributed by atoms with Gasteiger partial charge in [-0.3, -0.25) is 0 Å². The van der Waals surface area contributed by atoms with Crippen LogP contribution in [0, 0.1) is 0 Å². The van der Waals surface area contributed by atoms with Gasteiger partial charge in [-0.1, -0.05) is 67.6 Å². The van der Waals surface area contributed by atoms with Crippen molar-refractivity contribution < 1.29 is 9.47 Å². The molecule has 4 heteroatoms. The average Bonchev–Trinajstić information content (AvgIpc) is 3.31. The van der Waals surface area contributed by atoms with E-state index in [1.807, 2.05) is 30.3 Å². The number of nitrogens with zero attached hydrogens (tertiary/aromatic N) is 2. The van der Waals surface area contributed by atoms with E-state index >= 15 is 0 Å². The van der Waals surface area contributed by atoms with Crippen LogP contribution < -0.4 is 9.47 Å². The molecule has 0 aliphatic heterocycles. The Labute approximate surface area is 219 Å². The molecule has 0 saturated carbocycles. The second-order valence-electron chi connectivity index (χ2n) is 9.46. The number of allylic oxidation sites excluding steroid dienone is 1. The van der Waals surface area contributed by atoms with Crippen molar-refractivity contribution in [2.24, 2.45) is 0 Å². The van der Waals surface area contributed by atoms with Crippen molar-refractivity contribution in [3.63, 3.8) is 0 Å². The van der Waals surface area contributed by atoms with Crippen molar-refractivity contribution in [3.8, 4) is 11.5 Å². The highest BCUT2D eigenvalue weighted by molar-refractivity contribution is 5.85. The molecule has 0 radical (unpaired) electrons. The van der Waals surface area contributed by atoms with Gasteiger partial charge in [0, 0.05) is 12.5 Å². The van der Waals surface area contributed by atoms with Crippen LogP contribution in [0.4, 0.5) is 0 Å². The number of hydrogen-bond acceptors (Lipinski definition) is 3. The number of imidazole rings is 1. The molecule has 0 fully saturated rings. The summed E-state index contributed by atoms with van der Waals surface area (Å²) >= 11 is 0. The number of rotatable bonds is 11. The number of hydrogen-bond donors (Lipinski definition) is 0. The Morgan fingerprint density at radius 3 is 2.57 bits per heavy atom. The van der Waals surface area contributed by atoms with Gasteiger partial charge in [0.15, 0.2) is 0 Å². The highest BCUT2D eigenvalue weighted by atomic mass is 16.5. The van der Waals surface area contributed by atoms with E-state index < -0.39 is 0 Å². The Kier molecular flexibility index (Phi) is 7.55. The molecule has 0 aliphatic rings. The van der Waals surface area contributed by atoms with E-state index in [1.165, 1.54) is 27.4 Å². The molecule has 5 rings (SSSR count). The van der Waals surface area contributed by atoms with Crippen LogP contribution in [-0.4, -0.2) is 23.3 Å². The third-order valence-electron chi connectivity index (χ3n) is 7.01. The third kappa shape index (κ3) is 5.39.